The monoisotopic (exact) mass is 317 g/mol. The van der Waals surface area contributed by atoms with Crippen LogP contribution in [0.15, 0.2) is 18.5 Å². The van der Waals surface area contributed by atoms with E-state index in [9.17, 15) is 0 Å². The molecule has 0 aliphatic heterocycles. The van der Waals surface area contributed by atoms with Crippen molar-refractivity contribution in [2.75, 3.05) is 6.54 Å². The Hall–Kier alpha value is -0.550. The van der Waals surface area contributed by atoms with Crippen LogP contribution in [0.4, 0.5) is 0 Å². The van der Waals surface area contributed by atoms with E-state index in [2.05, 4.69) is 28.7 Å². The van der Waals surface area contributed by atoms with Crippen LogP contribution < -0.4 is 5.32 Å². The number of thiophene rings is 1. The zero-order valence-corrected chi connectivity index (χ0v) is 13.3. The highest BCUT2D eigenvalue weighted by molar-refractivity contribution is 7.20. The quantitative estimate of drug-likeness (QED) is 0.857. The molecule has 0 radical (unpaired) electrons. The summed E-state index contributed by atoms with van der Waals surface area (Å²) in [5, 5.41) is 3.43. The fraction of sp³-hybridized carbons (Fsp3) is 0.462. The molecule has 0 saturated carbocycles. The molecule has 0 amide bonds. The normalized spacial score (nSPS) is 12.8. The minimum Gasteiger partial charge on any atom is -0.333 e. The number of halogens is 2. The lowest BCUT2D eigenvalue weighted by Crippen LogP contribution is -2.25. The third kappa shape index (κ3) is 3.31. The van der Waals surface area contributed by atoms with Crippen LogP contribution in [0.3, 0.4) is 0 Å². The first kappa shape index (κ1) is 14.9. The topological polar surface area (TPSA) is 29.9 Å². The lowest BCUT2D eigenvalue weighted by molar-refractivity contribution is 0.545. The number of hydrogen-bond donors (Lipinski definition) is 1. The van der Waals surface area contributed by atoms with Gasteiger partial charge in [-0.2, -0.15) is 0 Å². The highest BCUT2D eigenvalue weighted by Gasteiger charge is 2.22. The number of nitrogens with one attached hydrogen (secondary N) is 1. The van der Waals surface area contributed by atoms with Gasteiger partial charge in [-0.05, 0) is 19.0 Å². The van der Waals surface area contributed by atoms with Gasteiger partial charge >= 0.3 is 0 Å². The van der Waals surface area contributed by atoms with Gasteiger partial charge in [0.1, 0.15) is 5.82 Å². The average molecular weight is 318 g/mol. The largest absolute Gasteiger partial charge is 0.333 e. The summed E-state index contributed by atoms with van der Waals surface area (Å²) in [5.41, 5.74) is 1.00. The summed E-state index contributed by atoms with van der Waals surface area (Å²) >= 11 is 13.7. The molecule has 0 aliphatic rings. The van der Waals surface area contributed by atoms with E-state index in [1.807, 2.05) is 18.5 Å². The van der Waals surface area contributed by atoms with E-state index in [0.717, 1.165) is 35.2 Å². The van der Waals surface area contributed by atoms with E-state index in [1.54, 1.807) is 0 Å². The second-order valence-corrected chi connectivity index (χ2v) is 6.53. The number of aromatic nitrogens is 2. The van der Waals surface area contributed by atoms with Gasteiger partial charge in [-0.15, -0.1) is 11.3 Å². The van der Waals surface area contributed by atoms with E-state index >= 15 is 0 Å². The van der Waals surface area contributed by atoms with Gasteiger partial charge in [-0.3, -0.25) is 0 Å². The second kappa shape index (κ2) is 6.75. The van der Waals surface area contributed by atoms with Crippen LogP contribution in [0.25, 0.3) is 0 Å². The highest BCUT2D eigenvalue weighted by atomic mass is 35.5. The molecule has 104 valence electrons. The van der Waals surface area contributed by atoms with Crippen molar-refractivity contribution in [3.05, 3.63) is 38.5 Å². The molecule has 0 aliphatic carbocycles. The van der Waals surface area contributed by atoms with Crippen LogP contribution in [0.1, 0.15) is 37.7 Å². The molecule has 0 saturated heterocycles. The molecule has 1 atom stereocenters. The van der Waals surface area contributed by atoms with Gasteiger partial charge in [-0.25, -0.2) is 4.98 Å². The van der Waals surface area contributed by atoms with Crippen molar-refractivity contribution in [3.63, 3.8) is 0 Å². The van der Waals surface area contributed by atoms with E-state index < -0.39 is 0 Å². The maximum absolute atomic E-state index is 6.28. The highest BCUT2D eigenvalue weighted by Crippen LogP contribution is 2.37. The lowest BCUT2D eigenvalue weighted by atomic mass is 10.1. The molecule has 0 spiro atoms. The van der Waals surface area contributed by atoms with Crippen molar-refractivity contribution in [1.29, 1.82) is 0 Å². The molecule has 1 N–H and O–H groups in total. The Morgan fingerprint density at radius 3 is 2.79 bits per heavy atom. The molecule has 0 bridgehead atoms. The Morgan fingerprint density at radius 1 is 1.42 bits per heavy atom. The number of hydrogen-bond acceptors (Lipinski definition) is 3. The first-order valence-electron chi connectivity index (χ1n) is 6.36. The van der Waals surface area contributed by atoms with Gasteiger partial charge in [0, 0.05) is 24.5 Å². The van der Waals surface area contributed by atoms with Gasteiger partial charge in [0.05, 0.1) is 14.7 Å². The first-order chi connectivity index (χ1) is 9.17. The molecule has 19 heavy (non-hydrogen) atoms. The molecule has 0 aromatic carbocycles. The maximum Gasteiger partial charge on any atom is 0.130 e. The molecule has 2 rings (SSSR count). The van der Waals surface area contributed by atoms with E-state index in [-0.39, 0.29) is 6.04 Å². The summed E-state index contributed by atoms with van der Waals surface area (Å²) in [6.07, 6.45) is 4.91. The van der Waals surface area contributed by atoms with E-state index in [4.69, 9.17) is 23.2 Å². The van der Waals surface area contributed by atoms with Crippen LogP contribution in [0.2, 0.25) is 8.67 Å². The average Bonchev–Trinajstić information content (AvgIpc) is 2.94. The number of imidazole rings is 1. The van der Waals surface area contributed by atoms with Crippen molar-refractivity contribution in [2.24, 2.45) is 0 Å². The molecule has 2 aromatic heterocycles. The van der Waals surface area contributed by atoms with Crippen molar-refractivity contribution in [2.45, 2.75) is 32.9 Å². The number of rotatable bonds is 6. The molecular formula is C13H17Cl2N3S. The predicted octanol–water partition coefficient (Wildman–Crippen LogP) is 4.36. The molecule has 6 heteroatoms. The van der Waals surface area contributed by atoms with Crippen LogP contribution >= 0.6 is 34.5 Å². The Labute approximate surface area is 127 Å². The molecule has 2 aromatic rings. The summed E-state index contributed by atoms with van der Waals surface area (Å²) in [7, 11) is 0. The molecule has 1 unspecified atom stereocenters. The third-order valence-electron chi connectivity index (χ3n) is 2.87. The minimum atomic E-state index is -0.0113. The number of nitrogens with zero attached hydrogens (tertiary/aromatic N) is 2. The van der Waals surface area contributed by atoms with Crippen molar-refractivity contribution >= 4 is 34.5 Å². The third-order valence-corrected chi connectivity index (χ3v) is 4.39. The smallest absolute Gasteiger partial charge is 0.130 e. The van der Waals surface area contributed by atoms with Gasteiger partial charge < -0.3 is 9.88 Å². The fourth-order valence-corrected chi connectivity index (χ4v) is 3.64. The van der Waals surface area contributed by atoms with Crippen LogP contribution in [-0.2, 0) is 6.54 Å². The molecule has 2 heterocycles. The summed E-state index contributed by atoms with van der Waals surface area (Å²) in [6, 6.07) is 1.91. The zero-order valence-electron chi connectivity index (χ0n) is 11.0. The first-order valence-corrected chi connectivity index (χ1v) is 7.93. The van der Waals surface area contributed by atoms with Crippen molar-refractivity contribution in [3.8, 4) is 0 Å². The van der Waals surface area contributed by atoms with Gasteiger partial charge in [0.25, 0.3) is 0 Å². The Balaban J connectivity index is 2.39. The lowest BCUT2D eigenvalue weighted by Gasteiger charge is -2.18. The van der Waals surface area contributed by atoms with Crippen LogP contribution in [-0.4, -0.2) is 16.1 Å². The van der Waals surface area contributed by atoms with E-state index in [1.165, 1.54) is 11.3 Å². The van der Waals surface area contributed by atoms with Crippen molar-refractivity contribution < 1.29 is 0 Å². The zero-order chi connectivity index (χ0) is 13.8. The summed E-state index contributed by atoms with van der Waals surface area (Å²) in [5.74, 6) is 0.986. The maximum atomic E-state index is 6.28. The van der Waals surface area contributed by atoms with Gasteiger partial charge in [0.2, 0.25) is 0 Å². The summed E-state index contributed by atoms with van der Waals surface area (Å²) < 4.78 is 3.59. The SMILES string of the molecule is CCCn1ccnc1C(NCC)c1cc(Cl)sc1Cl. The molecular weight excluding hydrogens is 301 g/mol. The Morgan fingerprint density at radius 2 is 2.21 bits per heavy atom. The minimum absolute atomic E-state index is 0.0113. The molecule has 0 fully saturated rings. The van der Waals surface area contributed by atoms with Crippen molar-refractivity contribution in [1.82, 2.24) is 14.9 Å². The fourth-order valence-electron chi connectivity index (χ4n) is 2.11. The summed E-state index contributed by atoms with van der Waals surface area (Å²) in [4.78, 5) is 4.48. The van der Waals surface area contributed by atoms with Crippen LogP contribution in [0.5, 0.6) is 0 Å². The van der Waals surface area contributed by atoms with Gasteiger partial charge in [0.15, 0.2) is 0 Å². The molecule has 3 nitrogen and oxygen atoms in total. The second-order valence-electron chi connectivity index (χ2n) is 4.25. The van der Waals surface area contributed by atoms with E-state index in [0.29, 0.717) is 4.34 Å². The Bertz CT molecular complexity index is 536. The predicted molar refractivity (Wildman–Crippen MR) is 82.4 cm³/mol. The standard InChI is InChI=1S/C13H17Cl2N3S/c1-3-6-18-7-5-17-13(18)11(16-4-2)9-8-10(14)19-12(9)15/h5,7-8,11,16H,3-4,6H2,1-2H3. The van der Waals surface area contributed by atoms with Crippen LogP contribution in [0, 0.1) is 0 Å². The van der Waals surface area contributed by atoms with Gasteiger partial charge in [-0.1, -0.05) is 37.0 Å². The number of aryl methyl sites for hydroxylation is 1. The Kier molecular flexibility index (Phi) is 5.28. The summed E-state index contributed by atoms with van der Waals surface area (Å²) in [6.45, 7) is 6.02.